The highest BCUT2D eigenvalue weighted by atomic mass is 79.9. The van der Waals surface area contributed by atoms with Crippen molar-refractivity contribution in [3.8, 4) is 17.1 Å². The van der Waals surface area contributed by atoms with Crippen molar-refractivity contribution in [2.24, 2.45) is 0 Å². The summed E-state index contributed by atoms with van der Waals surface area (Å²) in [6, 6.07) is 18.3. The molecule has 5 nitrogen and oxygen atoms in total. The number of aromatic nitrogens is 2. The van der Waals surface area contributed by atoms with E-state index in [1.807, 2.05) is 49.4 Å². The van der Waals surface area contributed by atoms with Gasteiger partial charge in [-0.15, -0.1) is 10.2 Å². The third-order valence-electron chi connectivity index (χ3n) is 3.46. The summed E-state index contributed by atoms with van der Waals surface area (Å²) in [5.41, 5.74) is 2.97. The highest BCUT2D eigenvalue weighted by Crippen LogP contribution is 2.21. The van der Waals surface area contributed by atoms with E-state index in [-0.39, 0.29) is 5.91 Å². The van der Waals surface area contributed by atoms with Crippen molar-refractivity contribution in [3.63, 3.8) is 0 Å². The van der Waals surface area contributed by atoms with Gasteiger partial charge in [0.2, 0.25) is 5.88 Å². The molecule has 0 saturated carbocycles. The second-order valence-electron chi connectivity index (χ2n) is 5.23. The number of amides is 1. The van der Waals surface area contributed by atoms with Crippen molar-refractivity contribution in [3.05, 3.63) is 70.7 Å². The van der Waals surface area contributed by atoms with Gasteiger partial charge in [-0.25, -0.2) is 0 Å². The van der Waals surface area contributed by atoms with Crippen molar-refractivity contribution in [2.45, 2.75) is 6.92 Å². The first-order valence-corrected chi connectivity index (χ1v) is 8.59. The Morgan fingerprint density at radius 1 is 1.08 bits per heavy atom. The lowest BCUT2D eigenvalue weighted by atomic mass is 10.1. The molecule has 25 heavy (non-hydrogen) atoms. The summed E-state index contributed by atoms with van der Waals surface area (Å²) >= 11 is 3.36. The topological polar surface area (TPSA) is 64.1 Å². The van der Waals surface area contributed by atoms with Crippen LogP contribution in [-0.2, 0) is 0 Å². The zero-order valence-corrected chi connectivity index (χ0v) is 15.2. The molecular weight excluding hydrogens is 382 g/mol. The summed E-state index contributed by atoms with van der Waals surface area (Å²) in [7, 11) is 0. The van der Waals surface area contributed by atoms with Gasteiger partial charge in [-0.3, -0.25) is 4.79 Å². The number of halogens is 1. The summed E-state index contributed by atoms with van der Waals surface area (Å²) in [6.07, 6.45) is 0. The number of benzene rings is 2. The number of carbonyl (C=O) groups is 1. The second kappa shape index (κ2) is 7.90. The third kappa shape index (κ3) is 4.42. The van der Waals surface area contributed by atoms with Gasteiger partial charge < -0.3 is 10.1 Å². The van der Waals surface area contributed by atoms with Crippen LogP contribution in [0.15, 0.2) is 65.1 Å². The Morgan fingerprint density at radius 2 is 1.88 bits per heavy atom. The van der Waals surface area contributed by atoms with E-state index < -0.39 is 0 Å². The molecule has 1 amide bonds. The number of anilines is 1. The minimum Gasteiger partial charge on any atom is -0.477 e. The predicted molar refractivity (Wildman–Crippen MR) is 101 cm³/mol. The van der Waals surface area contributed by atoms with E-state index in [1.54, 1.807) is 18.2 Å². The average Bonchev–Trinajstić information content (AvgIpc) is 2.63. The highest BCUT2D eigenvalue weighted by Gasteiger charge is 2.07. The Bertz CT molecular complexity index is 865. The van der Waals surface area contributed by atoms with Gasteiger partial charge in [0.15, 0.2) is 0 Å². The van der Waals surface area contributed by atoms with Crippen molar-refractivity contribution in [1.29, 1.82) is 0 Å². The first-order chi connectivity index (χ1) is 12.2. The van der Waals surface area contributed by atoms with Crippen LogP contribution in [0.25, 0.3) is 11.3 Å². The molecule has 0 saturated heterocycles. The normalized spacial score (nSPS) is 10.3. The molecule has 0 aliphatic carbocycles. The molecule has 0 unspecified atom stereocenters. The van der Waals surface area contributed by atoms with Crippen LogP contribution in [0.4, 0.5) is 5.69 Å². The van der Waals surface area contributed by atoms with Crippen molar-refractivity contribution < 1.29 is 9.53 Å². The van der Waals surface area contributed by atoms with Gasteiger partial charge in [0.25, 0.3) is 5.91 Å². The molecule has 3 rings (SSSR count). The molecule has 0 aliphatic heterocycles. The van der Waals surface area contributed by atoms with E-state index in [9.17, 15) is 4.79 Å². The molecule has 3 aromatic rings. The molecule has 126 valence electrons. The SMILES string of the molecule is CCOc1ccc(-c2ccc(NC(=O)c3cccc(Br)c3)cc2)nn1. The fraction of sp³-hybridized carbons (Fsp3) is 0.105. The number of nitrogens with zero attached hydrogens (tertiary/aromatic N) is 2. The Labute approximate surface area is 154 Å². The van der Waals surface area contributed by atoms with Crippen LogP contribution < -0.4 is 10.1 Å². The third-order valence-corrected chi connectivity index (χ3v) is 3.95. The fourth-order valence-electron chi connectivity index (χ4n) is 2.26. The largest absolute Gasteiger partial charge is 0.477 e. The molecule has 0 fully saturated rings. The Balaban J connectivity index is 1.70. The predicted octanol–water partition coefficient (Wildman–Crippen LogP) is 4.56. The lowest BCUT2D eigenvalue weighted by molar-refractivity contribution is 0.102. The smallest absolute Gasteiger partial charge is 0.255 e. The van der Waals surface area contributed by atoms with Crippen LogP contribution >= 0.6 is 15.9 Å². The number of hydrogen-bond donors (Lipinski definition) is 1. The standard InChI is InChI=1S/C19H16BrN3O2/c1-2-25-18-11-10-17(22-23-18)13-6-8-16(9-7-13)21-19(24)14-4-3-5-15(20)12-14/h3-12H,2H2,1H3,(H,21,24). The molecule has 0 radical (unpaired) electrons. The maximum Gasteiger partial charge on any atom is 0.255 e. The molecule has 1 heterocycles. The molecule has 1 aromatic heterocycles. The van der Waals surface area contributed by atoms with E-state index in [0.29, 0.717) is 23.7 Å². The van der Waals surface area contributed by atoms with E-state index in [0.717, 1.165) is 15.7 Å². The number of nitrogens with one attached hydrogen (secondary N) is 1. The van der Waals surface area contributed by atoms with E-state index in [2.05, 4.69) is 31.4 Å². The van der Waals surface area contributed by atoms with Gasteiger partial charge in [-0.05, 0) is 43.3 Å². The van der Waals surface area contributed by atoms with Gasteiger partial charge in [-0.1, -0.05) is 34.1 Å². The van der Waals surface area contributed by atoms with Crippen LogP contribution in [0, 0.1) is 0 Å². The molecule has 0 bridgehead atoms. The second-order valence-corrected chi connectivity index (χ2v) is 6.15. The van der Waals surface area contributed by atoms with Gasteiger partial charge in [0.05, 0.1) is 12.3 Å². The number of carbonyl (C=O) groups excluding carboxylic acids is 1. The molecule has 1 N–H and O–H groups in total. The molecular formula is C19H16BrN3O2. The van der Waals surface area contributed by atoms with Gasteiger partial charge in [0.1, 0.15) is 0 Å². The Morgan fingerprint density at radius 3 is 2.52 bits per heavy atom. The number of rotatable bonds is 5. The van der Waals surface area contributed by atoms with Crippen molar-refractivity contribution in [2.75, 3.05) is 11.9 Å². The van der Waals surface area contributed by atoms with Crippen LogP contribution in [-0.4, -0.2) is 22.7 Å². The van der Waals surface area contributed by atoms with Crippen LogP contribution in [0.1, 0.15) is 17.3 Å². The van der Waals surface area contributed by atoms with Crippen LogP contribution in [0.2, 0.25) is 0 Å². The summed E-state index contributed by atoms with van der Waals surface area (Å²) < 4.78 is 6.15. The number of ether oxygens (including phenoxy) is 1. The summed E-state index contributed by atoms with van der Waals surface area (Å²) in [5.74, 6) is 0.346. The lowest BCUT2D eigenvalue weighted by Crippen LogP contribution is -2.11. The average molecular weight is 398 g/mol. The van der Waals surface area contributed by atoms with E-state index >= 15 is 0 Å². The van der Waals surface area contributed by atoms with Gasteiger partial charge in [0, 0.05) is 27.4 Å². The monoisotopic (exact) mass is 397 g/mol. The Hall–Kier alpha value is -2.73. The minimum absolute atomic E-state index is 0.157. The summed E-state index contributed by atoms with van der Waals surface area (Å²) in [6.45, 7) is 2.46. The molecule has 6 heteroatoms. The van der Waals surface area contributed by atoms with Crippen molar-refractivity contribution in [1.82, 2.24) is 10.2 Å². The van der Waals surface area contributed by atoms with Gasteiger partial charge in [-0.2, -0.15) is 0 Å². The quantitative estimate of drug-likeness (QED) is 0.685. The minimum atomic E-state index is -0.157. The van der Waals surface area contributed by atoms with Crippen LogP contribution in [0.5, 0.6) is 5.88 Å². The van der Waals surface area contributed by atoms with E-state index in [1.165, 1.54) is 0 Å². The van der Waals surface area contributed by atoms with Crippen LogP contribution in [0.3, 0.4) is 0 Å². The molecule has 2 aromatic carbocycles. The number of hydrogen-bond acceptors (Lipinski definition) is 4. The fourth-order valence-corrected chi connectivity index (χ4v) is 2.66. The Kier molecular flexibility index (Phi) is 5.40. The zero-order valence-electron chi connectivity index (χ0n) is 13.6. The maximum absolute atomic E-state index is 12.3. The summed E-state index contributed by atoms with van der Waals surface area (Å²) in [5, 5.41) is 11.0. The van der Waals surface area contributed by atoms with Gasteiger partial charge >= 0.3 is 0 Å². The zero-order chi connectivity index (χ0) is 17.6. The van der Waals surface area contributed by atoms with E-state index in [4.69, 9.17) is 4.74 Å². The first-order valence-electron chi connectivity index (χ1n) is 7.79. The molecule has 0 atom stereocenters. The maximum atomic E-state index is 12.3. The summed E-state index contributed by atoms with van der Waals surface area (Å²) in [4.78, 5) is 12.3. The highest BCUT2D eigenvalue weighted by molar-refractivity contribution is 9.10. The lowest BCUT2D eigenvalue weighted by Gasteiger charge is -2.07. The van der Waals surface area contributed by atoms with Crippen molar-refractivity contribution >= 4 is 27.5 Å². The molecule has 0 aliphatic rings. The first kappa shape index (κ1) is 17.1. The molecule has 0 spiro atoms.